The van der Waals surface area contributed by atoms with Gasteiger partial charge in [0.25, 0.3) is 0 Å². The number of esters is 1. The summed E-state index contributed by atoms with van der Waals surface area (Å²) in [5, 5.41) is 0. The zero-order chi connectivity index (χ0) is 17.7. The zero-order valence-corrected chi connectivity index (χ0v) is 15.1. The zero-order valence-electron chi connectivity index (χ0n) is 14.3. The summed E-state index contributed by atoms with van der Waals surface area (Å²) in [6.45, 7) is 4.04. The molecule has 0 fully saturated rings. The van der Waals surface area contributed by atoms with E-state index >= 15 is 0 Å². The first-order valence-corrected chi connectivity index (χ1v) is 8.50. The fourth-order valence-corrected chi connectivity index (χ4v) is 2.98. The maximum Gasteiger partial charge on any atom is 0.341 e. The van der Waals surface area contributed by atoms with Crippen LogP contribution in [0.25, 0.3) is 0 Å². The average molecular weight is 347 g/mol. The lowest BCUT2D eigenvalue weighted by atomic mass is 10.2. The number of rotatable bonds is 6. The Kier molecular flexibility index (Phi) is 6.09. The number of aryl methyl sites for hydroxylation is 2. The number of nitrogens with zero attached hydrogens (tertiary/aromatic N) is 1. The van der Waals surface area contributed by atoms with Gasteiger partial charge >= 0.3 is 5.97 Å². The fraction of sp³-hybridized carbons (Fsp3) is 0.333. The molecule has 0 radical (unpaired) electrons. The van der Waals surface area contributed by atoms with Gasteiger partial charge in [0.05, 0.1) is 19.4 Å². The van der Waals surface area contributed by atoms with Crippen LogP contribution < -0.4 is 0 Å². The van der Waals surface area contributed by atoms with Gasteiger partial charge in [-0.25, -0.2) is 4.79 Å². The van der Waals surface area contributed by atoms with Gasteiger partial charge in [0.1, 0.15) is 17.1 Å². The number of hydrogen-bond donors (Lipinski definition) is 0. The van der Waals surface area contributed by atoms with Gasteiger partial charge in [-0.3, -0.25) is 4.79 Å². The van der Waals surface area contributed by atoms with Crippen LogP contribution in [0.3, 0.4) is 0 Å². The molecule has 1 aromatic carbocycles. The largest absolute Gasteiger partial charge is 0.465 e. The van der Waals surface area contributed by atoms with Gasteiger partial charge in [-0.05, 0) is 32.0 Å². The quantitative estimate of drug-likeness (QED) is 0.592. The second-order valence-corrected chi connectivity index (χ2v) is 6.57. The van der Waals surface area contributed by atoms with Gasteiger partial charge in [0.15, 0.2) is 0 Å². The Morgan fingerprint density at radius 1 is 1.21 bits per heavy atom. The summed E-state index contributed by atoms with van der Waals surface area (Å²) in [7, 11) is 3.04. The first kappa shape index (κ1) is 18.1. The molecule has 6 heteroatoms. The molecule has 0 N–H and O–H groups in total. The molecule has 0 spiro atoms. The maximum atomic E-state index is 12.2. The third-order valence-corrected chi connectivity index (χ3v) is 4.57. The Balaban J connectivity index is 1.91. The Hall–Kier alpha value is -2.21. The summed E-state index contributed by atoms with van der Waals surface area (Å²) < 4.78 is 10.2. The molecule has 2 aromatic rings. The number of benzene rings is 1. The highest BCUT2D eigenvalue weighted by Crippen LogP contribution is 2.20. The number of carbonyl (C=O) groups is 2. The van der Waals surface area contributed by atoms with Crippen LogP contribution in [-0.4, -0.2) is 36.7 Å². The van der Waals surface area contributed by atoms with Gasteiger partial charge in [-0.2, -0.15) is 0 Å². The van der Waals surface area contributed by atoms with Crippen molar-refractivity contribution in [3.05, 3.63) is 53.0 Å². The normalized spacial score (nSPS) is 10.5. The molecule has 0 saturated carbocycles. The molecular formula is C18H21NO4S. The van der Waals surface area contributed by atoms with Crippen molar-refractivity contribution in [1.29, 1.82) is 0 Å². The Labute approximate surface area is 146 Å². The van der Waals surface area contributed by atoms with Crippen LogP contribution in [0.4, 0.5) is 0 Å². The van der Waals surface area contributed by atoms with E-state index in [0.29, 0.717) is 29.4 Å². The van der Waals surface area contributed by atoms with Gasteiger partial charge < -0.3 is 14.1 Å². The van der Waals surface area contributed by atoms with Crippen molar-refractivity contribution in [3.8, 4) is 0 Å². The minimum atomic E-state index is -0.439. The highest BCUT2D eigenvalue weighted by atomic mass is 32.2. The van der Waals surface area contributed by atoms with Crippen LogP contribution in [-0.2, 0) is 16.1 Å². The molecule has 0 aliphatic carbocycles. The van der Waals surface area contributed by atoms with E-state index in [-0.39, 0.29) is 5.91 Å². The molecule has 0 saturated heterocycles. The topological polar surface area (TPSA) is 59.8 Å². The molecule has 24 heavy (non-hydrogen) atoms. The molecule has 1 heterocycles. The van der Waals surface area contributed by atoms with Crippen LogP contribution in [0.5, 0.6) is 0 Å². The summed E-state index contributed by atoms with van der Waals surface area (Å²) in [6.07, 6.45) is 0. The summed E-state index contributed by atoms with van der Waals surface area (Å²) in [5.74, 6) is 0.958. The van der Waals surface area contributed by atoms with Crippen molar-refractivity contribution < 1.29 is 18.7 Å². The number of ether oxygens (including phenoxy) is 1. The Morgan fingerprint density at radius 3 is 2.50 bits per heavy atom. The summed E-state index contributed by atoms with van der Waals surface area (Å²) in [4.78, 5) is 26.5. The lowest BCUT2D eigenvalue weighted by Crippen LogP contribution is -2.27. The minimum absolute atomic E-state index is 0.00533. The number of thioether (sulfide) groups is 1. The van der Waals surface area contributed by atoms with E-state index in [0.717, 1.165) is 4.90 Å². The van der Waals surface area contributed by atoms with Crippen molar-refractivity contribution in [2.45, 2.75) is 25.3 Å². The van der Waals surface area contributed by atoms with Crippen LogP contribution >= 0.6 is 11.8 Å². The second kappa shape index (κ2) is 8.06. The Bertz CT molecular complexity index is 721. The minimum Gasteiger partial charge on any atom is -0.465 e. The van der Waals surface area contributed by atoms with Crippen molar-refractivity contribution in [2.75, 3.05) is 19.9 Å². The summed E-state index contributed by atoms with van der Waals surface area (Å²) >= 11 is 1.50. The standard InChI is InChI=1S/C18H21NO4S/c1-12-5-7-15(8-6-12)24-11-17(20)19(3)10-14-9-16(13(2)23-14)18(21)22-4/h5-9H,10-11H2,1-4H3. The monoisotopic (exact) mass is 347 g/mol. The molecule has 1 amide bonds. The second-order valence-electron chi connectivity index (χ2n) is 5.53. The van der Waals surface area contributed by atoms with Crippen LogP contribution in [0, 0.1) is 13.8 Å². The van der Waals surface area contributed by atoms with E-state index in [1.165, 1.54) is 24.4 Å². The predicted octanol–water partition coefficient (Wildman–Crippen LogP) is 3.43. The number of furan rings is 1. The lowest BCUT2D eigenvalue weighted by Gasteiger charge is -2.15. The predicted molar refractivity (Wildman–Crippen MR) is 93.2 cm³/mol. The lowest BCUT2D eigenvalue weighted by molar-refractivity contribution is -0.127. The molecule has 0 atom stereocenters. The van der Waals surface area contributed by atoms with E-state index in [9.17, 15) is 9.59 Å². The van der Waals surface area contributed by atoms with Crippen molar-refractivity contribution >= 4 is 23.6 Å². The van der Waals surface area contributed by atoms with Gasteiger partial charge in [-0.1, -0.05) is 17.7 Å². The number of amides is 1. The molecule has 0 unspecified atom stereocenters. The molecule has 0 aliphatic heterocycles. The molecule has 2 rings (SSSR count). The van der Waals surface area contributed by atoms with Crippen LogP contribution in [0.1, 0.15) is 27.4 Å². The van der Waals surface area contributed by atoms with E-state index in [4.69, 9.17) is 9.15 Å². The fourth-order valence-electron chi connectivity index (χ4n) is 2.15. The number of hydrogen-bond acceptors (Lipinski definition) is 5. The molecule has 0 bridgehead atoms. The molecule has 128 valence electrons. The molecule has 0 aliphatic rings. The highest BCUT2D eigenvalue weighted by molar-refractivity contribution is 8.00. The van der Waals surface area contributed by atoms with Crippen molar-refractivity contribution in [2.24, 2.45) is 0 Å². The van der Waals surface area contributed by atoms with Crippen molar-refractivity contribution in [1.82, 2.24) is 4.90 Å². The average Bonchev–Trinajstić information content (AvgIpc) is 2.93. The van der Waals surface area contributed by atoms with Gasteiger partial charge in [-0.15, -0.1) is 11.8 Å². The smallest absolute Gasteiger partial charge is 0.341 e. The van der Waals surface area contributed by atoms with Crippen LogP contribution in [0.2, 0.25) is 0 Å². The summed E-state index contributed by atoms with van der Waals surface area (Å²) in [6, 6.07) is 9.68. The van der Waals surface area contributed by atoms with E-state index in [2.05, 4.69) is 0 Å². The third-order valence-electron chi connectivity index (χ3n) is 3.58. The van der Waals surface area contributed by atoms with Gasteiger partial charge in [0.2, 0.25) is 5.91 Å². The number of methoxy groups -OCH3 is 1. The first-order valence-electron chi connectivity index (χ1n) is 7.51. The first-order chi connectivity index (χ1) is 11.4. The van der Waals surface area contributed by atoms with E-state index in [1.54, 1.807) is 24.9 Å². The molecule has 5 nitrogen and oxygen atoms in total. The Morgan fingerprint density at radius 2 is 1.88 bits per heavy atom. The highest BCUT2D eigenvalue weighted by Gasteiger charge is 2.18. The SMILES string of the molecule is COC(=O)c1cc(CN(C)C(=O)CSc2ccc(C)cc2)oc1C. The summed E-state index contributed by atoms with van der Waals surface area (Å²) in [5.41, 5.74) is 1.58. The third kappa shape index (κ3) is 4.64. The van der Waals surface area contributed by atoms with E-state index in [1.807, 2.05) is 31.2 Å². The number of carbonyl (C=O) groups excluding carboxylic acids is 2. The molecular weight excluding hydrogens is 326 g/mol. The molecule has 1 aromatic heterocycles. The van der Waals surface area contributed by atoms with E-state index < -0.39 is 5.97 Å². The maximum absolute atomic E-state index is 12.2. The van der Waals surface area contributed by atoms with Crippen molar-refractivity contribution in [3.63, 3.8) is 0 Å². The van der Waals surface area contributed by atoms with Gasteiger partial charge in [0, 0.05) is 11.9 Å². The van der Waals surface area contributed by atoms with Crippen LogP contribution in [0.15, 0.2) is 39.6 Å².